The summed E-state index contributed by atoms with van der Waals surface area (Å²) in [5.74, 6) is -0.473. The fourth-order valence-electron chi connectivity index (χ4n) is 3.39. The van der Waals surface area contributed by atoms with Gasteiger partial charge in [0.25, 0.3) is 5.91 Å². The maximum absolute atomic E-state index is 13.3. The molecule has 1 atom stereocenters. The lowest BCUT2D eigenvalue weighted by Crippen LogP contribution is -2.57. The second-order valence-electron chi connectivity index (χ2n) is 6.95. The van der Waals surface area contributed by atoms with Crippen molar-refractivity contribution >= 4 is 11.6 Å². The summed E-state index contributed by atoms with van der Waals surface area (Å²) in [5, 5.41) is 18.7. The topological polar surface area (TPSA) is 76.8 Å². The predicted octanol–water partition coefficient (Wildman–Crippen LogP) is 2.80. The molecule has 2 aromatic carbocycles. The van der Waals surface area contributed by atoms with Gasteiger partial charge in [-0.15, -0.1) is 0 Å². The lowest BCUT2D eigenvalue weighted by Gasteiger charge is -2.42. The van der Waals surface area contributed by atoms with Crippen LogP contribution in [-0.4, -0.2) is 54.8 Å². The molecule has 1 amide bonds. The van der Waals surface area contributed by atoms with Crippen molar-refractivity contribution in [1.29, 1.82) is 5.26 Å². The third kappa shape index (κ3) is 5.24. The van der Waals surface area contributed by atoms with Crippen molar-refractivity contribution in [3.63, 3.8) is 0 Å². The third-order valence-corrected chi connectivity index (χ3v) is 4.98. The van der Waals surface area contributed by atoms with Crippen LogP contribution in [0, 0.1) is 17.1 Å². The lowest BCUT2D eigenvalue weighted by atomic mass is 10.0. The van der Waals surface area contributed by atoms with Gasteiger partial charge in [0.15, 0.2) is 6.61 Å². The average Bonchev–Trinajstić information content (AvgIpc) is 2.77. The molecule has 2 aromatic rings. The molecule has 0 spiro atoms. The monoisotopic (exact) mass is 437 g/mol. The number of piperazine rings is 1. The summed E-state index contributed by atoms with van der Waals surface area (Å²) in [6.45, 7) is -0.188. The molecular formula is C21H19F4N3O3. The molecule has 3 rings (SSSR count). The van der Waals surface area contributed by atoms with Gasteiger partial charge in [0.05, 0.1) is 29.8 Å². The van der Waals surface area contributed by atoms with Crippen LogP contribution in [0.3, 0.4) is 0 Å². The zero-order chi connectivity index (χ0) is 22.6. The molecule has 10 heteroatoms. The molecule has 0 aliphatic carbocycles. The molecule has 6 nitrogen and oxygen atoms in total. The first-order chi connectivity index (χ1) is 14.7. The number of anilines is 1. The van der Waals surface area contributed by atoms with Gasteiger partial charge in [-0.25, -0.2) is 4.39 Å². The van der Waals surface area contributed by atoms with E-state index >= 15 is 0 Å². The van der Waals surface area contributed by atoms with Gasteiger partial charge in [0.1, 0.15) is 11.6 Å². The number of nitrogens with zero attached hydrogens (tertiary/aromatic N) is 3. The molecular weight excluding hydrogens is 418 g/mol. The number of benzene rings is 2. The number of alkyl halides is 3. The summed E-state index contributed by atoms with van der Waals surface area (Å²) < 4.78 is 58.1. The third-order valence-electron chi connectivity index (χ3n) is 4.98. The Hall–Kier alpha value is -3.32. The molecule has 0 saturated carbocycles. The van der Waals surface area contributed by atoms with Crippen molar-refractivity contribution in [2.24, 2.45) is 0 Å². The number of ether oxygens (including phenoxy) is 1. The van der Waals surface area contributed by atoms with Crippen molar-refractivity contribution in [2.75, 3.05) is 37.7 Å². The second kappa shape index (κ2) is 9.22. The van der Waals surface area contributed by atoms with E-state index in [-0.39, 0.29) is 44.4 Å². The van der Waals surface area contributed by atoms with Crippen LogP contribution in [0.25, 0.3) is 0 Å². The highest BCUT2D eigenvalue weighted by molar-refractivity contribution is 5.78. The van der Waals surface area contributed by atoms with E-state index < -0.39 is 29.2 Å². The van der Waals surface area contributed by atoms with Gasteiger partial charge in [-0.3, -0.25) is 4.79 Å². The number of hydrogen-bond acceptors (Lipinski definition) is 5. The van der Waals surface area contributed by atoms with Crippen LogP contribution in [0.15, 0.2) is 42.5 Å². The van der Waals surface area contributed by atoms with Crippen LogP contribution in [-0.2, 0) is 11.0 Å². The molecule has 1 unspecified atom stereocenters. The zero-order valence-corrected chi connectivity index (χ0v) is 16.3. The van der Waals surface area contributed by atoms with E-state index in [9.17, 15) is 27.5 Å². The van der Waals surface area contributed by atoms with Crippen LogP contribution in [0.4, 0.5) is 23.2 Å². The van der Waals surface area contributed by atoms with Gasteiger partial charge in [0.2, 0.25) is 0 Å². The minimum absolute atomic E-state index is 0.0868. The number of nitriles is 1. The maximum Gasteiger partial charge on any atom is 0.417 e. The van der Waals surface area contributed by atoms with Gasteiger partial charge < -0.3 is 19.6 Å². The highest BCUT2D eigenvalue weighted by Gasteiger charge is 2.36. The van der Waals surface area contributed by atoms with Crippen molar-refractivity contribution in [2.45, 2.75) is 12.2 Å². The van der Waals surface area contributed by atoms with Gasteiger partial charge in [0, 0.05) is 25.3 Å². The van der Waals surface area contributed by atoms with Gasteiger partial charge >= 0.3 is 6.18 Å². The first kappa shape index (κ1) is 22.4. The summed E-state index contributed by atoms with van der Waals surface area (Å²) >= 11 is 0. The van der Waals surface area contributed by atoms with Crippen LogP contribution < -0.4 is 9.64 Å². The Morgan fingerprint density at radius 1 is 1.19 bits per heavy atom. The smallest absolute Gasteiger partial charge is 0.417 e. The van der Waals surface area contributed by atoms with E-state index in [1.165, 1.54) is 41.3 Å². The molecule has 31 heavy (non-hydrogen) atoms. The number of halogens is 4. The molecule has 164 valence electrons. The second-order valence-corrected chi connectivity index (χ2v) is 6.95. The Balaban J connectivity index is 1.69. The van der Waals surface area contributed by atoms with Crippen LogP contribution >= 0.6 is 0 Å². The number of aliphatic hydroxyl groups is 1. The van der Waals surface area contributed by atoms with E-state index in [2.05, 4.69) is 0 Å². The predicted molar refractivity (Wildman–Crippen MR) is 103 cm³/mol. The highest BCUT2D eigenvalue weighted by Crippen LogP contribution is 2.35. The number of carbonyl (C=O) groups is 1. The molecule has 1 saturated heterocycles. The standard InChI is InChI=1S/C21H19F4N3O3/c22-15-2-5-18(6-3-15)31-13-20(30)27-7-8-28(17(11-27)12-29)16-4-1-14(10-26)19(9-16)21(23,24)25/h1-6,9,17,29H,7-8,11-13H2. The minimum Gasteiger partial charge on any atom is -0.484 e. The molecule has 1 fully saturated rings. The largest absolute Gasteiger partial charge is 0.484 e. The Morgan fingerprint density at radius 3 is 2.52 bits per heavy atom. The molecule has 0 bridgehead atoms. The molecule has 0 aromatic heterocycles. The van der Waals surface area contributed by atoms with Crippen molar-refractivity contribution in [3.8, 4) is 11.8 Å². The molecule has 1 aliphatic heterocycles. The fraction of sp³-hybridized carbons (Fsp3) is 0.333. The summed E-state index contributed by atoms with van der Waals surface area (Å²) in [5.41, 5.74) is -1.32. The Bertz CT molecular complexity index is 973. The minimum atomic E-state index is -4.69. The Kier molecular flexibility index (Phi) is 6.65. The van der Waals surface area contributed by atoms with Gasteiger partial charge in [-0.05, 0) is 42.5 Å². The zero-order valence-electron chi connectivity index (χ0n) is 16.3. The Morgan fingerprint density at radius 2 is 1.90 bits per heavy atom. The van der Waals surface area contributed by atoms with E-state index in [0.717, 1.165) is 12.1 Å². The van der Waals surface area contributed by atoms with Gasteiger partial charge in [-0.2, -0.15) is 18.4 Å². The molecule has 1 N–H and O–H groups in total. The summed E-state index contributed by atoms with van der Waals surface area (Å²) in [4.78, 5) is 15.5. The molecule has 0 radical (unpaired) electrons. The van der Waals surface area contributed by atoms with Crippen LogP contribution in [0.5, 0.6) is 5.75 Å². The van der Waals surface area contributed by atoms with Crippen molar-refractivity contribution in [3.05, 3.63) is 59.4 Å². The van der Waals surface area contributed by atoms with Crippen LogP contribution in [0.1, 0.15) is 11.1 Å². The normalized spacial score (nSPS) is 16.7. The molecule has 1 aliphatic rings. The summed E-state index contributed by atoms with van der Waals surface area (Å²) in [7, 11) is 0. The lowest BCUT2D eigenvalue weighted by molar-refractivity contribution is -0.137. The van der Waals surface area contributed by atoms with Gasteiger partial charge in [-0.1, -0.05) is 0 Å². The summed E-state index contributed by atoms with van der Waals surface area (Å²) in [6, 6.07) is 9.47. The van der Waals surface area contributed by atoms with E-state index in [1.54, 1.807) is 4.90 Å². The average molecular weight is 437 g/mol. The number of amides is 1. The highest BCUT2D eigenvalue weighted by atomic mass is 19.4. The SMILES string of the molecule is N#Cc1ccc(N2CCN(C(=O)COc3ccc(F)cc3)CC2CO)cc1C(F)(F)F. The van der Waals surface area contributed by atoms with Crippen molar-refractivity contribution in [1.82, 2.24) is 4.90 Å². The first-order valence-electron chi connectivity index (χ1n) is 9.38. The van der Waals surface area contributed by atoms with E-state index in [1.807, 2.05) is 0 Å². The van der Waals surface area contributed by atoms with E-state index in [4.69, 9.17) is 10.00 Å². The number of aliphatic hydroxyl groups excluding tert-OH is 1. The van der Waals surface area contributed by atoms with Crippen molar-refractivity contribution < 1.29 is 32.2 Å². The molecule has 1 heterocycles. The number of carbonyl (C=O) groups excluding carboxylic acids is 1. The van der Waals surface area contributed by atoms with E-state index in [0.29, 0.717) is 5.75 Å². The first-order valence-corrected chi connectivity index (χ1v) is 9.38. The van der Waals surface area contributed by atoms with Crippen LogP contribution in [0.2, 0.25) is 0 Å². The summed E-state index contributed by atoms with van der Waals surface area (Å²) in [6.07, 6.45) is -4.69. The number of hydrogen-bond donors (Lipinski definition) is 1. The Labute approximate surface area is 175 Å². The fourth-order valence-corrected chi connectivity index (χ4v) is 3.39. The maximum atomic E-state index is 13.3. The number of rotatable bonds is 5. The quantitative estimate of drug-likeness (QED) is 0.728.